The van der Waals surface area contributed by atoms with Gasteiger partial charge >= 0.3 is 0 Å². The van der Waals surface area contributed by atoms with Gasteiger partial charge in [0.15, 0.2) is 11.5 Å². The zero-order chi connectivity index (χ0) is 13.2. The van der Waals surface area contributed by atoms with Gasteiger partial charge in [-0.15, -0.1) is 0 Å². The third-order valence-electron chi connectivity index (χ3n) is 2.58. The third kappa shape index (κ3) is 1.95. The van der Waals surface area contributed by atoms with Crippen molar-refractivity contribution in [1.82, 2.24) is 19.9 Å². The summed E-state index contributed by atoms with van der Waals surface area (Å²) in [4.78, 5) is 25.4. The molecule has 19 heavy (non-hydrogen) atoms. The standard InChI is InChI=1S/C11H8N6O2/c18-17(19)8-4-2-1-3-7(8)16-11-9-10(13-5-12-9)14-6-15-11/h1-6H,(H2,12,13,14,15,16). The van der Waals surface area contributed by atoms with Gasteiger partial charge in [-0.2, -0.15) is 0 Å². The molecular weight excluding hydrogens is 248 g/mol. The van der Waals surface area contributed by atoms with Crippen molar-refractivity contribution in [3.8, 4) is 0 Å². The quantitative estimate of drug-likeness (QED) is 0.547. The second-order valence-electron chi connectivity index (χ2n) is 3.72. The number of nitrogens with one attached hydrogen (secondary N) is 2. The van der Waals surface area contributed by atoms with E-state index in [2.05, 4.69) is 25.3 Å². The van der Waals surface area contributed by atoms with E-state index in [0.717, 1.165) is 0 Å². The van der Waals surface area contributed by atoms with Crippen molar-refractivity contribution in [3.05, 3.63) is 47.0 Å². The lowest BCUT2D eigenvalue weighted by molar-refractivity contribution is -0.383. The maximum absolute atomic E-state index is 10.9. The van der Waals surface area contributed by atoms with Gasteiger partial charge in [-0.1, -0.05) is 12.1 Å². The highest BCUT2D eigenvalue weighted by molar-refractivity contribution is 5.85. The number of hydrogen-bond acceptors (Lipinski definition) is 6. The number of aromatic amines is 1. The molecule has 0 aliphatic carbocycles. The molecule has 0 unspecified atom stereocenters. The Balaban J connectivity index is 2.06. The zero-order valence-electron chi connectivity index (χ0n) is 9.57. The second-order valence-corrected chi connectivity index (χ2v) is 3.72. The van der Waals surface area contributed by atoms with E-state index in [4.69, 9.17) is 0 Å². The van der Waals surface area contributed by atoms with E-state index in [9.17, 15) is 10.1 Å². The van der Waals surface area contributed by atoms with Crippen LogP contribution in [0.2, 0.25) is 0 Å². The average molecular weight is 256 g/mol. The van der Waals surface area contributed by atoms with E-state index in [-0.39, 0.29) is 5.69 Å². The Hall–Kier alpha value is -3.03. The Labute approximate surface area is 106 Å². The van der Waals surface area contributed by atoms with E-state index >= 15 is 0 Å². The number of nitro benzene ring substituents is 1. The number of nitrogens with zero attached hydrogens (tertiary/aromatic N) is 4. The highest BCUT2D eigenvalue weighted by Gasteiger charge is 2.14. The minimum Gasteiger partial charge on any atom is -0.340 e. The zero-order valence-corrected chi connectivity index (χ0v) is 9.57. The molecule has 2 aromatic heterocycles. The lowest BCUT2D eigenvalue weighted by atomic mass is 10.2. The molecule has 0 atom stereocenters. The summed E-state index contributed by atoms with van der Waals surface area (Å²) in [5, 5.41) is 13.9. The number of anilines is 2. The topological polar surface area (TPSA) is 110 Å². The number of imidazole rings is 1. The Morgan fingerprint density at radius 3 is 2.89 bits per heavy atom. The molecule has 2 N–H and O–H groups in total. The van der Waals surface area contributed by atoms with Crippen LogP contribution in [0.1, 0.15) is 0 Å². The smallest absolute Gasteiger partial charge is 0.292 e. The number of nitro groups is 1. The first-order valence-electron chi connectivity index (χ1n) is 5.40. The van der Waals surface area contributed by atoms with Crippen LogP contribution in [-0.2, 0) is 0 Å². The van der Waals surface area contributed by atoms with Crippen LogP contribution in [0, 0.1) is 10.1 Å². The molecule has 0 saturated carbocycles. The van der Waals surface area contributed by atoms with Crippen LogP contribution in [0.25, 0.3) is 11.2 Å². The summed E-state index contributed by atoms with van der Waals surface area (Å²) >= 11 is 0. The molecule has 0 amide bonds. The molecule has 3 rings (SSSR count). The minimum absolute atomic E-state index is 0.0197. The molecule has 0 aliphatic rings. The van der Waals surface area contributed by atoms with Crippen LogP contribution in [0.5, 0.6) is 0 Å². The molecule has 0 aliphatic heterocycles. The first-order chi connectivity index (χ1) is 9.25. The normalized spacial score (nSPS) is 10.5. The van der Waals surface area contributed by atoms with Gasteiger partial charge in [0.1, 0.15) is 17.5 Å². The maximum atomic E-state index is 10.9. The Kier molecular flexibility index (Phi) is 2.53. The molecule has 1 aromatic carbocycles. The van der Waals surface area contributed by atoms with Gasteiger partial charge in [-0.3, -0.25) is 10.1 Å². The molecule has 8 nitrogen and oxygen atoms in total. The number of fused-ring (bicyclic) bond motifs is 1. The van der Waals surface area contributed by atoms with Crippen molar-refractivity contribution in [3.63, 3.8) is 0 Å². The van der Waals surface area contributed by atoms with Crippen LogP contribution >= 0.6 is 0 Å². The van der Waals surface area contributed by atoms with Crippen LogP contribution in [0.4, 0.5) is 17.2 Å². The van der Waals surface area contributed by atoms with Gasteiger partial charge in [0.2, 0.25) is 0 Å². The molecule has 94 valence electrons. The van der Waals surface area contributed by atoms with Gasteiger partial charge in [0, 0.05) is 6.07 Å². The summed E-state index contributed by atoms with van der Waals surface area (Å²) in [6.45, 7) is 0. The fourth-order valence-corrected chi connectivity index (χ4v) is 1.73. The fourth-order valence-electron chi connectivity index (χ4n) is 1.73. The molecule has 3 aromatic rings. The molecule has 0 radical (unpaired) electrons. The van der Waals surface area contributed by atoms with Crippen LogP contribution in [-0.4, -0.2) is 24.9 Å². The monoisotopic (exact) mass is 256 g/mol. The minimum atomic E-state index is -0.451. The number of benzene rings is 1. The lowest BCUT2D eigenvalue weighted by Crippen LogP contribution is -1.99. The summed E-state index contributed by atoms with van der Waals surface area (Å²) < 4.78 is 0. The number of aromatic nitrogens is 4. The lowest BCUT2D eigenvalue weighted by Gasteiger charge is -2.06. The van der Waals surface area contributed by atoms with Crippen LogP contribution < -0.4 is 5.32 Å². The summed E-state index contributed by atoms with van der Waals surface area (Å²) in [5.74, 6) is 0.441. The number of H-pyrrole nitrogens is 1. The van der Waals surface area contributed by atoms with E-state index in [0.29, 0.717) is 22.7 Å². The van der Waals surface area contributed by atoms with Gasteiger partial charge < -0.3 is 10.3 Å². The number of para-hydroxylation sites is 2. The van der Waals surface area contributed by atoms with Crippen molar-refractivity contribution in [2.24, 2.45) is 0 Å². The number of hydrogen-bond donors (Lipinski definition) is 2. The molecule has 2 heterocycles. The van der Waals surface area contributed by atoms with Crippen molar-refractivity contribution >= 4 is 28.4 Å². The Morgan fingerprint density at radius 1 is 1.21 bits per heavy atom. The first-order valence-corrected chi connectivity index (χ1v) is 5.40. The van der Waals surface area contributed by atoms with Gasteiger partial charge in [0.05, 0.1) is 11.3 Å². The van der Waals surface area contributed by atoms with E-state index < -0.39 is 4.92 Å². The summed E-state index contributed by atoms with van der Waals surface area (Å²) in [7, 11) is 0. The largest absolute Gasteiger partial charge is 0.340 e. The van der Waals surface area contributed by atoms with Crippen LogP contribution in [0.3, 0.4) is 0 Å². The van der Waals surface area contributed by atoms with Gasteiger partial charge in [-0.05, 0) is 6.07 Å². The molecule has 0 saturated heterocycles. The summed E-state index contributed by atoms with van der Waals surface area (Å²) in [6.07, 6.45) is 2.84. The number of rotatable bonds is 3. The second kappa shape index (κ2) is 4.33. The van der Waals surface area contributed by atoms with Crippen molar-refractivity contribution in [1.29, 1.82) is 0 Å². The Bertz CT molecular complexity index is 754. The van der Waals surface area contributed by atoms with E-state index in [1.807, 2.05) is 0 Å². The summed E-state index contributed by atoms with van der Waals surface area (Å²) in [6, 6.07) is 6.35. The Morgan fingerprint density at radius 2 is 2.05 bits per heavy atom. The molecule has 0 spiro atoms. The molecular formula is C11H8N6O2. The third-order valence-corrected chi connectivity index (χ3v) is 2.58. The summed E-state index contributed by atoms with van der Waals surface area (Å²) in [5.41, 5.74) is 1.44. The fraction of sp³-hybridized carbons (Fsp3) is 0. The van der Waals surface area contributed by atoms with Crippen LogP contribution in [0.15, 0.2) is 36.9 Å². The van der Waals surface area contributed by atoms with Gasteiger partial charge in [0.25, 0.3) is 5.69 Å². The van der Waals surface area contributed by atoms with Crippen molar-refractivity contribution in [2.75, 3.05) is 5.32 Å². The highest BCUT2D eigenvalue weighted by atomic mass is 16.6. The van der Waals surface area contributed by atoms with Gasteiger partial charge in [-0.25, -0.2) is 15.0 Å². The highest BCUT2D eigenvalue weighted by Crippen LogP contribution is 2.27. The molecule has 0 fully saturated rings. The first kappa shape index (κ1) is 11.1. The van der Waals surface area contributed by atoms with E-state index in [1.54, 1.807) is 18.2 Å². The average Bonchev–Trinajstić information content (AvgIpc) is 2.88. The van der Waals surface area contributed by atoms with Crippen molar-refractivity contribution in [2.45, 2.75) is 0 Å². The molecule has 0 bridgehead atoms. The maximum Gasteiger partial charge on any atom is 0.292 e. The predicted octanol–water partition coefficient (Wildman–Crippen LogP) is 2.00. The van der Waals surface area contributed by atoms with Crippen molar-refractivity contribution < 1.29 is 4.92 Å². The molecule has 8 heteroatoms. The SMILES string of the molecule is O=[N+]([O-])c1ccccc1Nc1ncnc2nc[nH]c12. The predicted molar refractivity (Wildman–Crippen MR) is 68.1 cm³/mol. The van der Waals surface area contributed by atoms with E-state index in [1.165, 1.54) is 18.7 Å².